The monoisotopic (exact) mass is 157 g/mol. The predicted molar refractivity (Wildman–Crippen MR) is 46.5 cm³/mol. The zero-order valence-electron chi connectivity index (χ0n) is 7.42. The van der Waals surface area contributed by atoms with Gasteiger partial charge in [-0.2, -0.15) is 0 Å². The van der Waals surface area contributed by atoms with E-state index >= 15 is 0 Å². The Hall–Kier alpha value is -0.0800. The van der Waals surface area contributed by atoms with E-state index in [0.717, 1.165) is 6.54 Å². The number of rotatable bonds is 3. The highest BCUT2D eigenvalue weighted by molar-refractivity contribution is 4.66. The van der Waals surface area contributed by atoms with E-state index in [1.54, 1.807) is 0 Å². The van der Waals surface area contributed by atoms with E-state index in [2.05, 4.69) is 11.8 Å². The highest BCUT2D eigenvalue weighted by Crippen LogP contribution is 2.10. The topological polar surface area (TPSA) is 23.5 Å². The fourth-order valence-electron chi connectivity index (χ4n) is 1.64. The molecule has 0 radical (unpaired) electrons. The fourth-order valence-corrected chi connectivity index (χ4v) is 1.64. The molecule has 1 unspecified atom stereocenters. The van der Waals surface area contributed by atoms with Crippen LogP contribution in [0.25, 0.3) is 0 Å². The zero-order chi connectivity index (χ0) is 8.10. The first kappa shape index (κ1) is 9.01. The van der Waals surface area contributed by atoms with Crippen molar-refractivity contribution in [2.75, 3.05) is 26.2 Å². The standard InChI is InChI=1S/C9H19NO/c1-9(8-11)7-10-5-3-2-4-6-10/h9,11H,2-8H2,1H3. The van der Waals surface area contributed by atoms with Gasteiger partial charge in [-0.25, -0.2) is 0 Å². The maximum atomic E-state index is 8.84. The minimum Gasteiger partial charge on any atom is -0.396 e. The number of aliphatic hydroxyl groups is 1. The molecule has 0 aromatic carbocycles. The van der Waals surface area contributed by atoms with Gasteiger partial charge in [0.25, 0.3) is 0 Å². The fraction of sp³-hybridized carbons (Fsp3) is 1.00. The third-order valence-corrected chi connectivity index (χ3v) is 2.33. The van der Waals surface area contributed by atoms with E-state index in [1.807, 2.05) is 0 Å². The number of likely N-dealkylation sites (tertiary alicyclic amines) is 1. The Labute approximate surface area is 69.2 Å². The molecule has 1 N–H and O–H groups in total. The van der Waals surface area contributed by atoms with Crippen molar-refractivity contribution in [2.45, 2.75) is 26.2 Å². The number of aliphatic hydroxyl groups excluding tert-OH is 1. The van der Waals surface area contributed by atoms with Crippen molar-refractivity contribution < 1.29 is 5.11 Å². The largest absolute Gasteiger partial charge is 0.396 e. The van der Waals surface area contributed by atoms with Crippen molar-refractivity contribution in [3.63, 3.8) is 0 Å². The molecule has 0 amide bonds. The number of hydrogen-bond donors (Lipinski definition) is 1. The van der Waals surface area contributed by atoms with Gasteiger partial charge in [-0.15, -0.1) is 0 Å². The minimum atomic E-state index is 0.330. The van der Waals surface area contributed by atoms with Crippen LogP contribution in [0.4, 0.5) is 0 Å². The van der Waals surface area contributed by atoms with Crippen LogP contribution >= 0.6 is 0 Å². The summed E-state index contributed by atoms with van der Waals surface area (Å²) in [6.45, 7) is 6.00. The third kappa shape index (κ3) is 3.21. The lowest BCUT2D eigenvalue weighted by molar-refractivity contribution is 0.156. The van der Waals surface area contributed by atoms with Crippen molar-refractivity contribution >= 4 is 0 Å². The molecule has 0 aromatic rings. The zero-order valence-corrected chi connectivity index (χ0v) is 7.42. The van der Waals surface area contributed by atoms with Gasteiger partial charge in [-0.3, -0.25) is 0 Å². The molecule has 0 aromatic heterocycles. The molecule has 2 nitrogen and oxygen atoms in total. The summed E-state index contributed by atoms with van der Waals surface area (Å²) in [5, 5.41) is 8.84. The van der Waals surface area contributed by atoms with Gasteiger partial charge in [0.15, 0.2) is 0 Å². The first-order chi connectivity index (χ1) is 5.33. The summed E-state index contributed by atoms with van der Waals surface area (Å²) in [6.07, 6.45) is 4.08. The smallest absolute Gasteiger partial charge is 0.0468 e. The maximum absolute atomic E-state index is 8.84. The molecular weight excluding hydrogens is 138 g/mol. The van der Waals surface area contributed by atoms with Gasteiger partial charge >= 0.3 is 0 Å². The van der Waals surface area contributed by atoms with Crippen LogP contribution in [0.3, 0.4) is 0 Å². The number of nitrogens with zero attached hydrogens (tertiary/aromatic N) is 1. The van der Waals surface area contributed by atoms with Crippen molar-refractivity contribution in [1.29, 1.82) is 0 Å². The SMILES string of the molecule is CC(CO)CN1CCCCC1. The van der Waals surface area contributed by atoms with Gasteiger partial charge < -0.3 is 10.0 Å². The van der Waals surface area contributed by atoms with Gasteiger partial charge in [0, 0.05) is 13.2 Å². The second kappa shape index (κ2) is 4.73. The van der Waals surface area contributed by atoms with Crippen LogP contribution in [0.1, 0.15) is 26.2 Å². The molecule has 0 saturated carbocycles. The first-order valence-electron chi connectivity index (χ1n) is 4.66. The van der Waals surface area contributed by atoms with Crippen LogP contribution in [-0.2, 0) is 0 Å². The normalized spacial score (nSPS) is 23.5. The van der Waals surface area contributed by atoms with Gasteiger partial charge in [0.1, 0.15) is 0 Å². The van der Waals surface area contributed by atoms with Crippen LogP contribution in [0.15, 0.2) is 0 Å². The molecule has 0 spiro atoms. The number of hydrogen-bond acceptors (Lipinski definition) is 2. The first-order valence-corrected chi connectivity index (χ1v) is 4.66. The molecule has 2 heteroatoms. The lowest BCUT2D eigenvalue weighted by Gasteiger charge is -2.28. The molecule has 1 aliphatic heterocycles. The summed E-state index contributed by atoms with van der Waals surface area (Å²) in [5.41, 5.74) is 0. The van der Waals surface area contributed by atoms with Crippen LogP contribution in [0.2, 0.25) is 0 Å². The van der Waals surface area contributed by atoms with Crippen LogP contribution < -0.4 is 0 Å². The molecule has 1 saturated heterocycles. The molecular formula is C9H19NO. The van der Waals surface area contributed by atoms with E-state index < -0.39 is 0 Å². The van der Waals surface area contributed by atoms with E-state index in [1.165, 1.54) is 32.4 Å². The van der Waals surface area contributed by atoms with Gasteiger partial charge in [0.2, 0.25) is 0 Å². The summed E-state index contributed by atoms with van der Waals surface area (Å²) in [5.74, 6) is 0.452. The van der Waals surface area contributed by atoms with E-state index in [-0.39, 0.29) is 0 Å². The Morgan fingerprint density at radius 1 is 1.27 bits per heavy atom. The van der Waals surface area contributed by atoms with E-state index in [0.29, 0.717) is 12.5 Å². The second-order valence-corrected chi connectivity index (χ2v) is 3.65. The lowest BCUT2D eigenvalue weighted by atomic mass is 10.1. The Balaban J connectivity index is 2.13. The van der Waals surface area contributed by atoms with Crippen molar-refractivity contribution in [3.8, 4) is 0 Å². The lowest BCUT2D eigenvalue weighted by Crippen LogP contribution is -2.34. The van der Waals surface area contributed by atoms with E-state index in [4.69, 9.17) is 5.11 Å². The summed E-state index contributed by atoms with van der Waals surface area (Å²) in [7, 11) is 0. The molecule has 1 rings (SSSR count). The minimum absolute atomic E-state index is 0.330. The molecule has 11 heavy (non-hydrogen) atoms. The second-order valence-electron chi connectivity index (χ2n) is 3.65. The molecule has 1 aliphatic rings. The molecule has 66 valence electrons. The van der Waals surface area contributed by atoms with Crippen LogP contribution in [0, 0.1) is 5.92 Å². The Morgan fingerprint density at radius 3 is 2.45 bits per heavy atom. The summed E-state index contributed by atoms with van der Waals surface area (Å²) < 4.78 is 0. The molecule has 0 bridgehead atoms. The highest BCUT2D eigenvalue weighted by Gasteiger charge is 2.12. The molecule has 1 fully saturated rings. The molecule has 0 aliphatic carbocycles. The van der Waals surface area contributed by atoms with Crippen LogP contribution in [0.5, 0.6) is 0 Å². The predicted octanol–water partition coefficient (Wildman–Crippen LogP) is 1.10. The Morgan fingerprint density at radius 2 is 1.91 bits per heavy atom. The Bertz CT molecular complexity index is 99.7. The third-order valence-electron chi connectivity index (χ3n) is 2.33. The quantitative estimate of drug-likeness (QED) is 0.663. The molecule has 1 heterocycles. The average Bonchev–Trinajstić information content (AvgIpc) is 2.06. The average molecular weight is 157 g/mol. The van der Waals surface area contributed by atoms with E-state index in [9.17, 15) is 0 Å². The van der Waals surface area contributed by atoms with Gasteiger partial charge in [-0.05, 0) is 31.8 Å². The van der Waals surface area contributed by atoms with Crippen molar-refractivity contribution in [1.82, 2.24) is 4.90 Å². The molecule has 1 atom stereocenters. The van der Waals surface area contributed by atoms with Gasteiger partial charge in [0.05, 0.1) is 0 Å². The summed E-state index contributed by atoms with van der Waals surface area (Å²) in [6, 6.07) is 0. The van der Waals surface area contributed by atoms with Crippen molar-refractivity contribution in [2.24, 2.45) is 5.92 Å². The van der Waals surface area contributed by atoms with Crippen LogP contribution in [-0.4, -0.2) is 36.2 Å². The Kier molecular flexibility index (Phi) is 3.87. The summed E-state index contributed by atoms with van der Waals surface area (Å²) >= 11 is 0. The number of piperidine rings is 1. The summed E-state index contributed by atoms with van der Waals surface area (Å²) in [4.78, 5) is 2.46. The maximum Gasteiger partial charge on any atom is 0.0468 e. The van der Waals surface area contributed by atoms with Crippen molar-refractivity contribution in [3.05, 3.63) is 0 Å². The van der Waals surface area contributed by atoms with Gasteiger partial charge in [-0.1, -0.05) is 13.3 Å². The highest BCUT2D eigenvalue weighted by atomic mass is 16.3.